The first-order valence-corrected chi connectivity index (χ1v) is 9.32. The zero-order valence-electron chi connectivity index (χ0n) is 14.4. The second-order valence-corrected chi connectivity index (χ2v) is 7.20. The van der Waals surface area contributed by atoms with E-state index in [1.807, 2.05) is 29.2 Å². The van der Waals surface area contributed by atoms with Gasteiger partial charge in [-0.05, 0) is 50.2 Å². The van der Waals surface area contributed by atoms with E-state index in [0.29, 0.717) is 18.2 Å². The lowest BCUT2D eigenvalue weighted by molar-refractivity contribution is -0.139. The Morgan fingerprint density at radius 1 is 1.12 bits per heavy atom. The molecule has 1 N–H and O–H groups in total. The van der Waals surface area contributed by atoms with E-state index < -0.39 is 6.10 Å². The number of piperidine rings is 1. The van der Waals surface area contributed by atoms with Crippen molar-refractivity contribution in [3.8, 4) is 5.75 Å². The van der Waals surface area contributed by atoms with Crippen molar-refractivity contribution in [1.82, 2.24) is 10.2 Å². The molecular weight excluding hydrogens is 318 g/mol. The molecule has 1 aliphatic carbocycles. The summed E-state index contributed by atoms with van der Waals surface area (Å²) in [6.45, 7) is 2.55. The summed E-state index contributed by atoms with van der Waals surface area (Å²) in [5.74, 6) is 1.21. The topological polar surface area (TPSA) is 61.9 Å². The number of amides is 3. The molecule has 2 fully saturated rings. The average molecular weight is 343 g/mol. The van der Waals surface area contributed by atoms with Crippen molar-refractivity contribution in [3.63, 3.8) is 0 Å². The maximum atomic E-state index is 12.8. The molecule has 4 rings (SSSR count). The van der Waals surface area contributed by atoms with Crippen LogP contribution in [0.1, 0.15) is 32.1 Å². The number of carbonyl (C=O) groups is 2. The Morgan fingerprint density at radius 3 is 2.64 bits per heavy atom. The van der Waals surface area contributed by atoms with Gasteiger partial charge in [0.1, 0.15) is 5.75 Å². The van der Waals surface area contributed by atoms with Gasteiger partial charge in [0, 0.05) is 19.6 Å². The molecule has 2 aliphatic heterocycles. The Balaban J connectivity index is 1.51. The maximum absolute atomic E-state index is 12.8. The second-order valence-electron chi connectivity index (χ2n) is 7.20. The number of carbonyl (C=O) groups excluding carboxylic acids is 2. The standard InChI is InChI=1S/C19H25N3O3/c23-18(21-10-4-1-5-11-21)17-13-22(19(24)20-12-14-8-9-14)15-6-2-3-7-16(15)25-17/h2-3,6-7,14,17H,1,4-5,8-13H2,(H,20,24). The fourth-order valence-corrected chi connectivity index (χ4v) is 3.52. The van der Waals surface area contributed by atoms with Crippen LogP contribution in [0.4, 0.5) is 10.5 Å². The Bertz CT molecular complexity index is 653. The van der Waals surface area contributed by atoms with E-state index >= 15 is 0 Å². The molecular formula is C19H25N3O3. The van der Waals surface area contributed by atoms with E-state index in [4.69, 9.17) is 4.74 Å². The largest absolute Gasteiger partial charge is 0.476 e. The van der Waals surface area contributed by atoms with Gasteiger partial charge in [-0.15, -0.1) is 0 Å². The zero-order valence-corrected chi connectivity index (χ0v) is 14.4. The van der Waals surface area contributed by atoms with E-state index in [0.717, 1.165) is 31.6 Å². The number of para-hydroxylation sites is 2. The zero-order chi connectivity index (χ0) is 17.2. The van der Waals surface area contributed by atoms with Gasteiger partial charge in [-0.2, -0.15) is 0 Å². The Morgan fingerprint density at radius 2 is 1.88 bits per heavy atom. The van der Waals surface area contributed by atoms with Crippen LogP contribution in [0.25, 0.3) is 0 Å². The lowest BCUT2D eigenvalue weighted by atomic mass is 10.1. The fraction of sp³-hybridized carbons (Fsp3) is 0.579. The molecule has 0 bridgehead atoms. The Labute approximate surface area is 148 Å². The highest BCUT2D eigenvalue weighted by molar-refractivity contribution is 5.96. The van der Waals surface area contributed by atoms with Crippen molar-refractivity contribution in [2.75, 3.05) is 31.1 Å². The first-order chi connectivity index (χ1) is 12.2. The molecule has 0 aromatic heterocycles. The molecule has 1 saturated heterocycles. The van der Waals surface area contributed by atoms with E-state index in [2.05, 4.69) is 5.32 Å². The molecule has 1 saturated carbocycles. The number of likely N-dealkylation sites (tertiary alicyclic amines) is 1. The predicted molar refractivity (Wildman–Crippen MR) is 94.8 cm³/mol. The summed E-state index contributed by atoms with van der Waals surface area (Å²) in [6.07, 6.45) is 5.01. The second kappa shape index (κ2) is 6.94. The van der Waals surface area contributed by atoms with Gasteiger partial charge in [0.2, 0.25) is 0 Å². The SMILES string of the molecule is O=C(C1CN(C(=O)NCC2CC2)c2ccccc2O1)N1CCCCC1. The lowest BCUT2D eigenvalue weighted by Crippen LogP contribution is -2.54. The quantitative estimate of drug-likeness (QED) is 0.917. The van der Waals surface area contributed by atoms with Crippen LogP contribution in [0.2, 0.25) is 0 Å². The molecule has 1 atom stereocenters. The highest BCUT2D eigenvalue weighted by Gasteiger charge is 2.36. The van der Waals surface area contributed by atoms with Crippen molar-refractivity contribution in [2.45, 2.75) is 38.2 Å². The van der Waals surface area contributed by atoms with E-state index in [9.17, 15) is 9.59 Å². The van der Waals surface area contributed by atoms with Crippen LogP contribution in [0.3, 0.4) is 0 Å². The summed E-state index contributed by atoms with van der Waals surface area (Å²) in [7, 11) is 0. The van der Waals surface area contributed by atoms with E-state index in [-0.39, 0.29) is 18.5 Å². The van der Waals surface area contributed by atoms with Gasteiger partial charge in [0.15, 0.2) is 6.10 Å². The number of nitrogens with one attached hydrogen (secondary N) is 1. The van der Waals surface area contributed by atoms with Crippen molar-refractivity contribution >= 4 is 17.6 Å². The number of urea groups is 1. The van der Waals surface area contributed by atoms with Crippen LogP contribution in [0.5, 0.6) is 5.75 Å². The summed E-state index contributed by atoms with van der Waals surface area (Å²) < 4.78 is 5.95. The monoisotopic (exact) mass is 343 g/mol. The molecule has 2 heterocycles. The van der Waals surface area contributed by atoms with Gasteiger partial charge in [0.25, 0.3) is 5.91 Å². The Kier molecular flexibility index (Phi) is 4.51. The summed E-state index contributed by atoms with van der Waals surface area (Å²) >= 11 is 0. The molecule has 1 unspecified atom stereocenters. The van der Waals surface area contributed by atoms with Gasteiger partial charge in [-0.25, -0.2) is 4.79 Å². The minimum Gasteiger partial charge on any atom is -0.476 e. The number of hydrogen-bond donors (Lipinski definition) is 1. The Hall–Kier alpha value is -2.24. The average Bonchev–Trinajstić information content (AvgIpc) is 3.50. The number of ether oxygens (including phenoxy) is 1. The highest BCUT2D eigenvalue weighted by atomic mass is 16.5. The summed E-state index contributed by atoms with van der Waals surface area (Å²) in [5, 5.41) is 3.00. The summed E-state index contributed by atoms with van der Waals surface area (Å²) in [5.41, 5.74) is 0.735. The molecule has 3 aliphatic rings. The third kappa shape index (κ3) is 3.57. The van der Waals surface area contributed by atoms with Crippen molar-refractivity contribution in [1.29, 1.82) is 0 Å². The van der Waals surface area contributed by atoms with Crippen molar-refractivity contribution < 1.29 is 14.3 Å². The van der Waals surface area contributed by atoms with Crippen LogP contribution in [-0.4, -0.2) is 49.1 Å². The van der Waals surface area contributed by atoms with Gasteiger partial charge < -0.3 is 15.0 Å². The highest BCUT2D eigenvalue weighted by Crippen LogP contribution is 2.34. The summed E-state index contributed by atoms with van der Waals surface area (Å²) in [4.78, 5) is 29.1. The third-order valence-corrected chi connectivity index (χ3v) is 5.20. The summed E-state index contributed by atoms with van der Waals surface area (Å²) in [6, 6.07) is 7.31. The normalized spacial score (nSPS) is 22.8. The molecule has 0 radical (unpaired) electrons. The minimum absolute atomic E-state index is 0.00537. The molecule has 3 amide bonds. The molecule has 25 heavy (non-hydrogen) atoms. The smallest absolute Gasteiger partial charge is 0.322 e. The number of anilines is 1. The molecule has 0 spiro atoms. The van der Waals surface area contributed by atoms with Crippen LogP contribution < -0.4 is 15.0 Å². The maximum Gasteiger partial charge on any atom is 0.322 e. The van der Waals surface area contributed by atoms with Gasteiger partial charge in [0.05, 0.1) is 12.2 Å². The van der Waals surface area contributed by atoms with Crippen LogP contribution in [-0.2, 0) is 4.79 Å². The molecule has 134 valence electrons. The van der Waals surface area contributed by atoms with Crippen LogP contribution in [0, 0.1) is 5.92 Å². The molecule has 1 aromatic carbocycles. The number of rotatable bonds is 3. The van der Waals surface area contributed by atoms with E-state index in [1.165, 1.54) is 19.3 Å². The number of fused-ring (bicyclic) bond motifs is 1. The fourth-order valence-electron chi connectivity index (χ4n) is 3.52. The van der Waals surface area contributed by atoms with Gasteiger partial charge >= 0.3 is 6.03 Å². The van der Waals surface area contributed by atoms with Crippen molar-refractivity contribution in [3.05, 3.63) is 24.3 Å². The first kappa shape index (κ1) is 16.2. The predicted octanol–water partition coefficient (Wildman–Crippen LogP) is 2.39. The van der Waals surface area contributed by atoms with Gasteiger partial charge in [-0.1, -0.05) is 12.1 Å². The number of benzene rings is 1. The number of nitrogens with zero attached hydrogens (tertiary/aromatic N) is 2. The minimum atomic E-state index is -0.625. The number of hydrogen-bond acceptors (Lipinski definition) is 3. The molecule has 6 nitrogen and oxygen atoms in total. The molecule has 1 aromatic rings. The van der Waals surface area contributed by atoms with Crippen molar-refractivity contribution in [2.24, 2.45) is 5.92 Å². The van der Waals surface area contributed by atoms with Crippen LogP contribution >= 0.6 is 0 Å². The third-order valence-electron chi connectivity index (χ3n) is 5.20. The first-order valence-electron chi connectivity index (χ1n) is 9.32. The lowest BCUT2D eigenvalue weighted by Gasteiger charge is -2.37. The van der Waals surface area contributed by atoms with E-state index in [1.54, 1.807) is 4.90 Å². The van der Waals surface area contributed by atoms with Gasteiger partial charge in [-0.3, -0.25) is 9.69 Å². The molecule has 6 heteroatoms. The van der Waals surface area contributed by atoms with Crippen LogP contribution in [0.15, 0.2) is 24.3 Å².